The van der Waals surface area contributed by atoms with Crippen LogP contribution in [0.1, 0.15) is 19.4 Å². The lowest BCUT2D eigenvalue weighted by Crippen LogP contribution is -2.51. The highest BCUT2D eigenvalue weighted by Gasteiger charge is 2.30. The molecule has 2 aromatic rings. The summed E-state index contributed by atoms with van der Waals surface area (Å²) in [5.41, 5.74) is 0.989. The van der Waals surface area contributed by atoms with E-state index in [2.05, 4.69) is 21.2 Å². The third kappa shape index (κ3) is 7.10. The zero-order valence-corrected chi connectivity index (χ0v) is 21.7. The highest BCUT2D eigenvalue weighted by Crippen LogP contribution is 2.25. The van der Waals surface area contributed by atoms with E-state index in [4.69, 9.17) is 23.2 Å². The summed E-state index contributed by atoms with van der Waals surface area (Å²) in [5, 5.41) is 3.37. The van der Waals surface area contributed by atoms with Gasteiger partial charge in [-0.25, -0.2) is 8.42 Å². The van der Waals surface area contributed by atoms with Gasteiger partial charge in [-0.2, -0.15) is 0 Å². The minimum atomic E-state index is -3.77. The van der Waals surface area contributed by atoms with Gasteiger partial charge in [0.05, 0.1) is 22.0 Å². The lowest BCUT2D eigenvalue weighted by molar-refractivity contribution is -0.139. The molecule has 0 fully saturated rings. The summed E-state index contributed by atoms with van der Waals surface area (Å²) >= 11 is 15.4. The summed E-state index contributed by atoms with van der Waals surface area (Å²) in [6.45, 7) is 3.34. The molecule has 0 aliphatic rings. The second-order valence-electron chi connectivity index (χ2n) is 7.09. The van der Waals surface area contributed by atoms with Crippen molar-refractivity contribution < 1.29 is 18.0 Å². The molecule has 0 unspecified atom stereocenters. The summed E-state index contributed by atoms with van der Waals surface area (Å²) in [6.07, 6.45) is 1.03. The Bertz CT molecular complexity index is 1080. The van der Waals surface area contributed by atoms with Crippen LogP contribution in [0.3, 0.4) is 0 Å². The van der Waals surface area contributed by atoms with E-state index in [1.807, 2.05) is 0 Å². The first-order chi connectivity index (χ1) is 14.9. The molecule has 1 N–H and O–H groups in total. The molecule has 0 heterocycles. The van der Waals surface area contributed by atoms with Crippen molar-refractivity contribution in [3.63, 3.8) is 0 Å². The van der Waals surface area contributed by atoms with Gasteiger partial charge in [0.1, 0.15) is 12.6 Å². The Morgan fingerprint density at radius 2 is 1.72 bits per heavy atom. The number of hydrogen-bond donors (Lipinski definition) is 1. The van der Waals surface area contributed by atoms with Gasteiger partial charge in [0, 0.05) is 17.6 Å². The van der Waals surface area contributed by atoms with E-state index in [0.717, 1.165) is 15.0 Å². The molecule has 0 bridgehead atoms. The lowest BCUT2D eigenvalue weighted by atomic mass is 10.1. The summed E-state index contributed by atoms with van der Waals surface area (Å²) < 4.78 is 26.7. The van der Waals surface area contributed by atoms with Gasteiger partial charge in [-0.1, -0.05) is 45.2 Å². The fraction of sp³-hybridized carbons (Fsp3) is 0.333. The van der Waals surface area contributed by atoms with E-state index in [1.54, 1.807) is 56.3 Å². The largest absolute Gasteiger partial charge is 0.355 e. The van der Waals surface area contributed by atoms with Crippen LogP contribution in [0.5, 0.6) is 0 Å². The molecular formula is C21H24BrCl2N3O4S. The van der Waals surface area contributed by atoms with Crippen LogP contribution in [0, 0.1) is 0 Å². The molecule has 0 aliphatic carbocycles. The Kier molecular flexibility index (Phi) is 9.39. The maximum atomic E-state index is 13.3. The number of carbonyl (C=O) groups is 2. The van der Waals surface area contributed by atoms with Crippen LogP contribution in [0.25, 0.3) is 0 Å². The van der Waals surface area contributed by atoms with Crippen molar-refractivity contribution in [3.05, 3.63) is 62.5 Å². The smallest absolute Gasteiger partial charge is 0.244 e. The maximum Gasteiger partial charge on any atom is 0.244 e. The molecule has 11 heteroatoms. The van der Waals surface area contributed by atoms with Crippen LogP contribution in [0.2, 0.25) is 10.0 Å². The van der Waals surface area contributed by atoms with Crippen LogP contribution in [0.4, 0.5) is 5.69 Å². The molecule has 7 nitrogen and oxygen atoms in total. The summed E-state index contributed by atoms with van der Waals surface area (Å²) in [6, 6.07) is 10.6. The number of anilines is 1. The average Bonchev–Trinajstić information content (AvgIpc) is 2.72. The molecule has 0 radical (unpaired) electrons. The summed E-state index contributed by atoms with van der Waals surface area (Å²) in [4.78, 5) is 27.1. The number of benzene rings is 2. The molecule has 0 spiro atoms. The molecule has 0 aliphatic heterocycles. The Morgan fingerprint density at radius 1 is 1.09 bits per heavy atom. The van der Waals surface area contributed by atoms with E-state index < -0.39 is 28.5 Å². The van der Waals surface area contributed by atoms with Crippen molar-refractivity contribution >= 4 is 66.7 Å². The Hall–Kier alpha value is -1.81. The Balaban J connectivity index is 2.39. The monoisotopic (exact) mass is 563 g/mol. The van der Waals surface area contributed by atoms with E-state index in [0.29, 0.717) is 27.8 Å². The molecule has 32 heavy (non-hydrogen) atoms. The van der Waals surface area contributed by atoms with E-state index >= 15 is 0 Å². The third-order valence-corrected chi connectivity index (χ3v) is 7.06. The topological polar surface area (TPSA) is 86.8 Å². The third-order valence-electron chi connectivity index (χ3n) is 4.65. The van der Waals surface area contributed by atoms with Crippen molar-refractivity contribution in [1.29, 1.82) is 0 Å². The van der Waals surface area contributed by atoms with Crippen molar-refractivity contribution in [3.8, 4) is 0 Å². The number of amides is 2. The van der Waals surface area contributed by atoms with Crippen molar-refractivity contribution in [1.82, 2.24) is 10.2 Å². The van der Waals surface area contributed by atoms with Gasteiger partial charge < -0.3 is 10.2 Å². The predicted molar refractivity (Wildman–Crippen MR) is 131 cm³/mol. The van der Waals surface area contributed by atoms with Crippen LogP contribution < -0.4 is 9.62 Å². The van der Waals surface area contributed by atoms with Gasteiger partial charge in [0.2, 0.25) is 21.8 Å². The van der Waals surface area contributed by atoms with Gasteiger partial charge in [-0.3, -0.25) is 13.9 Å². The van der Waals surface area contributed by atoms with Gasteiger partial charge in [-0.15, -0.1) is 0 Å². The lowest BCUT2D eigenvalue weighted by Gasteiger charge is -2.31. The SMILES string of the molecule is CCNC(=O)[C@@H](C)N(Cc1ccc(Cl)c(Cl)c1)C(=O)CN(c1ccc(Br)cc1)S(C)(=O)=O. The van der Waals surface area contributed by atoms with E-state index in [-0.39, 0.29) is 12.5 Å². The quantitative estimate of drug-likeness (QED) is 0.497. The fourth-order valence-electron chi connectivity index (χ4n) is 2.96. The highest BCUT2D eigenvalue weighted by atomic mass is 79.9. The van der Waals surface area contributed by atoms with Gasteiger partial charge >= 0.3 is 0 Å². The first-order valence-electron chi connectivity index (χ1n) is 9.68. The van der Waals surface area contributed by atoms with Crippen LogP contribution in [0.15, 0.2) is 46.9 Å². The van der Waals surface area contributed by atoms with E-state index in [1.165, 1.54) is 4.90 Å². The second-order valence-corrected chi connectivity index (χ2v) is 10.7. The first-order valence-corrected chi connectivity index (χ1v) is 13.1. The number of halogens is 3. The number of nitrogens with one attached hydrogen (secondary N) is 1. The zero-order valence-electron chi connectivity index (χ0n) is 17.8. The molecule has 2 amide bonds. The molecule has 0 saturated carbocycles. The Labute approximate surface area is 206 Å². The number of carbonyl (C=O) groups excluding carboxylic acids is 2. The molecule has 2 rings (SSSR count). The number of likely N-dealkylation sites (N-methyl/N-ethyl adjacent to an activating group) is 1. The minimum Gasteiger partial charge on any atom is -0.355 e. The van der Waals surface area contributed by atoms with Crippen LogP contribution in [-0.2, 0) is 26.2 Å². The number of nitrogens with zero attached hydrogens (tertiary/aromatic N) is 2. The van der Waals surface area contributed by atoms with Gasteiger partial charge in [0.25, 0.3) is 0 Å². The maximum absolute atomic E-state index is 13.3. The molecule has 0 aromatic heterocycles. The molecule has 1 atom stereocenters. The standard InChI is InChI=1S/C21H24BrCl2N3O4S/c1-4-25-21(29)14(2)26(12-15-5-10-18(23)19(24)11-15)20(28)13-27(32(3,30)31)17-8-6-16(22)7-9-17/h5-11,14H,4,12-13H2,1-3H3,(H,25,29)/t14-/m1/s1. The molecular weight excluding hydrogens is 541 g/mol. The summed E-state index contributed by atoms with van der Waals surface area (Å²) in [5.74, 6) is -0.890. The van der Waals surface area contributed by atoms with Crippen molar-refractivity contribution in [2.75, 3.05) is 23.7 Å². The molecule has 0 saturated heterocycles. The van der Waals surface area contributed by atoms with Crippen molar-refractivity contribution in [2.24, 2.45) is 0 Å². The number of sulfonamides is 1. The first kappa shape index (κ1) is 26.4. The Morgan fingerprint density at radius 3 is 2.25 bits per heavy atom. The van der Waals surface area contributed by atoms with Gasteiger partial charge in [0.15, 0.2) is 0 Å². The second kappa shape index (κ2) is 11.4. The normalized spacial score (nSPS) is 12.2. The van der Waals surface area contributed by atoms with Gasteiger partial charge in [-0.05, 0) is 55.8 Å². The number of rotatable bonds is 9. The predicted octanol–water partition coefficient (Wildman–Crippen LogP) is 4.08. The summed E-state index contributed by atoms with van der Waals surface area (Å²) in [7, 11) is -3.77. The fourth-order valence-corrected chi connectivity index (χ4v) is 4.39. The minimum absolute atomic E-state index is 0.0476. The average molecular weight is 565 g/mol. The highest BCUT2D eigenvalue weighted by molar-refractivity contribution is 9.10. The molecule has 2 aromatic carbocycles. The zero-order chi connectivity index (χ0) is 24.1. The van der Waals surface area contributed by atoms with Crippen LogP contribution in [-0.4, -0.2) is 50.5 Å². The van der Waals surface area contributed by atoms with Crippen LogP contribution >= 0.6 is 39.1 Å². The molecule has 174 valence electrons. The number of hydrogen-bond acceptors (Lipinski definition) is 4. The van der Waals surface area contributed by atoms with Crippen molar-refractivity contribution in [2.45, 2.75) is 26.4 Å². The van der Waals surface area contributed by atoms with E-state index in [9.17, 15) is 18.0 Å².